The largest absolute Gasteiger partial charge is 0.490 e. The maximum Gasteiger partial charge on any atom is 0.246 e. The molecule has 1 saturated heterocycles. The number of nitrogens with one attached hydrogen (secondary N) is 1. The molecule has 2 fully saturated rings. The molecule has 2 aliphatic rings. The molecule has 1 aliphatic heterocycles. The van der Waals surface area contributed by atoms with Crippen LogP contribution in [0, 0.1) is 0 Å². The lowest BCUT2D eigenvalue weighted by Crippen LogP contribution is -2.41. The lowest BCUT2D eigenvalue weighted by atomic mass is 9.93. The van der Waals surface area contributed by atoms with Crippen molar-refractivity contribution in [3.8, 4) is 5.75 Å². The fourth-order valence-corrected chi connectivity index (χ4v) is 4.04. The van der Waals surface area contributed by atoms with Gasteiger partial charge in [-0.1, -0.05) is 0 Å². The second-order valence-electron chi connectivity index (χ2n) is 7.59. The van der Waals surface area contributed by atoms with E-state index >= 15 is 0 Å². The van der Waals surface area contributed by atoms with Crippen molar-refractivity contribution in [3.05, 3.63) is 24.7 Å². The van der Waals surface area contributed by atoms with Crippen molar-refractivity contribution in [3.63, 3.8) is 0 Å². The molecule has 156 valence electrons. The molecule has 0 radical (unpaired) electrons. The zero-order valence-corrected chi connectivity index (χ0v) is 16.8. The summed E-state index contributed by atoms with van der Waals surface area (Å²) in [6, 6.07) is 4.39. The number of carbonyl (C=O) groups is 1. The van der Waals surface area contributed by atoms with Crippen LogP contribution in [0.3, 0.4) is 0 Å². The smallest absolute Gasteiger partial charge is 0.246 e. The minimum atomic E-state index is -0.0572. The Labute approximate surface area is 170 Å². The van der Waals surface area contributed by atoms with E-state index in [0.29, 0.717) is 0 Å². The number of anilines is 1. The van der Waals surface area contributed by atoms with Gasteiger partial charge in [0.1, 0.15) is 18.7 Å². The first-order chi connectivity index (χ1) is 14.2. The lowest BCUT2D eigenvalue weighted by molar-refractivity contribution is -0.125. The van der Waals surface area contributed by atoms with Gasteiger partial charge in [0.2, 0.25) is 5.91 Å². The van der Waals surface area contributed by atoms with Crippen LogP contribution in [0.25, 0.3) is 10.9 Å². The number of methoxy groups -OCH3 is 1. The molecule has 4 rings (SSSR count). The van der Waals surface area contributed by atoms with Gasteiger partial charge in [-0.25, -0.2) is 9.97 Å². The van der Waals surface area contributed by atoms with E-state index in [0.717, 1.165) is 74.3 Å². The summed E-state index contributed by atoms with van der Waals surface area (Å²) in [5, 5.41) is 3.96. The summed E-state index contributed by atoms with van der Waals surface area (Å²) in [4.78, 5) is 22.7. The van der Waals surface area contributed by atoms with E-state index in [4.69, 9.17) is 14.2 Å². The first kappa shape index (κ1) is 19.8. The fraction of sp³-hybridized carbons (Fsp3) is 0.571. The summed E-state index contributed by atoms with van der Waals surface area (Å²) in [7, 11) is 1.53. The minimum Gasteiger partial charge on any atom is -0.490 e. The molecule has 1 aliphatic carbocycles. The highest BCUT2D eigenvalue weighted by atomic mass is 16.5. The molecule has 1 aromatic heterocycles. The first-order valence-corrected chi connectivity index (χ1v) is 10.2. The molecule has 1 saturated carbocycles. The van der Waals surface area contributed by atoms with Gasteiger partial charge in [-0.3, -0.25) is 4.79 Å². The zero-order chi connectivity index (χ0) is 20.1. The van der Waals surface area contributed by atoms with Gasteiger partial charge in [0.15, 0.2) is 0 Å². The second kappa shape index (κ2) is 9.37. The van der Waals surface area contributed by atoms with Crippen molar-refractivity contribution in [2.45, 2.75) is 37.8 Å². The summed E-state index contributed by atoms with van der Waals surface area (Å²) in [6.07, 6.45) is 7.11. The Morgan fingerprint density at radius 1 is 1.24 bits per heavy atom. The van der Waals surface area contributed by atoms with Crippen molar-refractivity contribution in [1.82, 2.24) is 15.3 Å². The number of ether oxygens (including phenoxy) is 3. The zero-order valence-electron chi connectivity index (χ0n) is 16.8. The summed E-state index contributed by atoms with van der Waals surface area (Å²) in [5.41, 5.74) is 1.99. The van der Waals surface area contributed by atoms with E-state index < -0.39 is 0 Å². The van der Waals surface area contributed by atoms with Gasteiger partial charge in [-0.05, 0) is 31.7 Å². The highest BCUT2D eigenvalue weighted by Crippen LogP contribution is 2.33. The van der Waals surface area contributed by atoms with E-state index in [1.807, 2.05) is 6.20 Å². The average Bonchev–Trinajstić information content (AvgIpc) is 2.76. The predicted octanol–water partition coefficient (Wildman–Crippen LogP) is 1.92. The number of rotatable bonds is 6. The molecule has 0 unspecified atom stereocenters. The van der Waals surface area contributed by atoms with Crippen molar-refractivity contribution in [2.24, 2.45) is 0 Å². The molecule has 0 bridgehead atoms. The van der Waals surface area contributed by atoms with E-state index in [-0.39, 0.29) is 24.7 Å². The molecule has 2 heterocycles. The maximum atomic E-state index is 11.7. The SMILES string of the molecule is COCC(=O)N[C@H]1CC[C@@H](Oc2cc(N3CCOCC3)cc3ncncc23)CC1. The van der Waals surface area contributed by atoms with Crippen LogP contribution in [0.1, 0.15) is 25.7 Å². The first-order valence-electron chi connectivity index (χ1n) is 10.2. The van der Waals surface area contributed by atoms with Gasteiger partial charge in [0.05, 0.1) is 30.2 Å². The van der Waals surface area contributed by atoms with E-state index in [2.05, 4.69) is 32.3 Å². The molecular weight excluding hydrogens is 372 g/mol. The van der Waals surface area contributed by atoms with Crippen LogP contribution >= 0.6 is 0 Å². The predicted molar refractivity (Wildman–Crippen MR) is 109 cm³/mol. The number of amides is 1. The lowest BCUT2D eigenvalue weighted by Gasteiger charge is -2.31. The molecule has 1 N–H and O–H groups in total. The maximum absolute atomic E-state index is 11.7. The molecule has 0 atom stereocenters. The normalized spacial score (nSPS) is 22.4. The van der Waals surface area contributed by atoms with Gasteiger partial charge in [0.25, 0.3) is 0 Å². The number of benzene rings is 1. The highest BCUT2D eigenvalue weighted by molar-refractivity contribution is 5.88. The monoisotopic (exact) mass is 400 g/mol. The Morgan fingerprint density at radius 2 is 2.03 bits per heavy atom. The number of aromatic nitrogens is 2. The van der Waals surface area contributed by atoms with Gasteiger partial charge >= 0.3 is 0 Å². The molecule has 2 aromatic rings. The van der Waals surface area contributed by atoms with Crippen LogP contribution in [0.5, 0.6) is 5.75 Å². The van der Waals surface area contributed by atoms with Gasteiger partial charge < -0.3 is 24.4 Å². The van der Waals surface area contributed by atoms with Crippen LogP contribution < -0.4 is 15.0 Å². The Kier molecular flexibility index (Phi) is 6.41. The summed E-state index contributed by atoms with van der Waals surface area (Å²) in [5.74, 6) is 0.773. The Morgan fingerprint density at radius 3 is 2.79 bits per heavy atom. The second-order valence-corrected chi connectivity index (χ2v) is 7.59. The third-order valence-corrected chi connectivity index (χ3v) is 5.56. The Bertz CT molecular complexity index is 833. The summed E-state index contributed by atoms with van der Waals surface area (Å²) >= 11 is 0. The van der Waals surface area contributed by atoms with E-state index in [1.54, 1.807) is 6.33 Å². The molecule has 8 nitrogen and oxygen atoms in total. The summed E-state index contributed by atoms with van der Waals surface area (Å²) < 4.78 is 16.8. The Balaban J connectivity index is 1.45. The molecule has 1 amide bonds. The minimum absolute atomic E-state index is 0.0572. The van der Waals surface area contributed by atoms with Gasteiger partial charge in [-0.15, -0.1) is 0 Å². The molecule has 1 aromatic carbocycles. The molecule has 8 heteroatoms. The quantitative estimate of drug-likeness (QED) is 0.793. The third kappa shape index (κ3) is 4.94. The molecule has 0 spiro atoms. The van der Waals surface area contributed by atoms with Crippen LogP contribution in [0.4, 0.5) is 5.69 Å². The van der Waals surface area contributed by atoms with Crippen LogP contribution in [0.15, 0.2) is 24.7 Å². The third-order valence-electron chi connectivity index (χ3n) is 5.56. The van der Waals surface area contributed by atoms with Crippen LogP contribution in [-0.4, -0.2) is 68.0 Å². The standard InChI is InChI=1S/C21H28N4O4/c1-27-13-21(26)24-15-2-4-17(5-3-15)29-20-11-16(25-6-8-28-9-7-25)10-19-18(20)12-22-14-23-19/h10-12,14-15,17H,2-9,13H2,1H3,(H,24,26)/t15-,17+. The number of hydrogen-bond donors (Lipinski definition) is 1. The van der Waals surface area contributed by atoms with Gasteiger partial charge in [0, 0.05) is 44.2 Å². The van der Waals surface area contributed by atoms with Crippen LogP contribution in [0.2, 0.25) is 0 Å². The van der Waals surface area contributed by atoms with Gasteiger partial charge in [-0.2, -0.15) is 0 Å². The van der Waals surface area contributed by atoms with E-state index in [9.17, 15) is 4.79 Å². The molecular formula is C21H28N4O4. The van der Waals surface area contributed by atoms with E-state index in [1.165, 1.54) is 7.11 Å². The molecule has 29 heavy (non-hydrogen) atoms. The van der Waals surface area contributed by atoms with Crippen LogP contribution in [-0.2, 0) is 14.3 Å². The summed E-state index contributed by atoms with van der Waals surface area (Å²) in [6.45, 7) is 3.30. The Hall–Kier alpha value is -2.45. The van der Waals surface area contributed by atoms with Crippen molar-refractivity contribution < 1.29 is 19.0 Å². The van der Waals surface area contributed by atoms with Crippen molar-refractivity contribution in [2.75, 3.05) is 44.9 Å². The number of morpholine rings is 1. The fourth-order valence-electron chi connectivity index (χ4n) is 4.04. The van der Waals surface area contributed by atoms with Crippen molar-refractivity contribution >= 4 is 22.5 Å². The van der Waals surface area contributed by atoms with Crippen molar-refractivity contribution in [1.29, 1.82) is 0 Å². The highest BCUT2D eigenvalue weighted by Gasteiger charge is 2.25. The number of fused-ring (bicyclic) bond motifs is 1. The number of hydrogen-bond acceptors (Lipinski definition) is 7. The average molecular weight is 400 g/mol. The number of carbonyl (C=O) groups excluding carboxylic acids is 1. The number of nitrogens with zero attached hydrogens (tertiary/aromatic N) is 3. The topological polar surface area (TPSA) is 85.8 Å².